The third kappa shape index (κ3) is 3.35. The Morgan fingerprint density at radius 2 is 1.42 bits per heavy atom. The summed E-state index contributed by atoms with van der Waals surface area (Å²) in [6, 6.07) is 17.9. The highest BCUT2D eigenvalue weighted by Crippen LogP contribution is 2.28. The summed E-state index contributed by atoms with van der Waals surface area (Å²) < 4.78 is 1.18. The lowest BCUT2D eigenvalue weighted by atomic mass is 9.77. The van der Waals surface area contributed by atoms with Crippen molar-refractivity contribution >= 4 is 22.6 Å². The fraction of sp³-hybridized carbons (Fsp3) is 0.250. The van der Waals surface area contributed by atoms with Crippen molar-refractivity contribution in [2.24, 2.45) is 0 Å². The zero-order chi connectivity index (χ0) is 13.7. The molecule has 3 heteroatoms. The highest BCUT2D eigenvalue weighted by Gasteiger charge is 2.31. The molecule has 2 nitrogen and oxygen atoms in total. The summed E-state index contributed by atoms with van der Waals surface area (Å²) in [5.74, 6) is 0. The summed E-state index contributed by atoms with van der Waals surface area (Å²) >= 11 is 2.27. The molecule has 0 atom stereocenters. The summed E-state index contributed by atoms with van der Waals surface area (Å²) in [5.41, 5.74) is 1.47. The predicted octanol–water partition coefficient (Wildman–Crippen LogP) is 2.76. The van der Waals surface area contributed by atoms with E-state index in [0.717, 1.165) is 11.1 Å². The molecule has 0 bridgehead atoms. The van der Waals surface area contributed by atoms with Crippen molar-refractivity contribution in [2.45, 2.75) is 11.8 Å². The Morgan fingerprint density at radius 3 is 1.95 bits per heavy atom. The quantitative estimate of drug-likeness (QED) is 0.797. The molecule has 0 aliphatic rings. The van der Waals surface area contributed by atoms with Crippen LogP contribution in [0.3, 0.4) is 0 Å². The van der Waals surface area contributed by atoms with Crippen LogP contribution in [-0.2, 0) is 11.8 Å². The van der Waals surface area contributed by atoms with Crippen molar-refractivity contribution < 1.29 is 10.2 Å². The molecule has 2 N–H and O–H groups in total. The van der Waals surface area contributed by atoms with Crippen LogP contribution in [0, 0.1) is 3.57 Å². The highest BCUT2D eigenvalue weighted by molar-refractivity contribution is 14.1. The van der Waals surface area contributed by atoms with Gasteiger partial charge in [-0.3, -0.25) is 0 Å². The molecule has 0 fully saturated rings. The Labute approximate surface area is 127 Å². The average Bonchev–Trinajstić information content (AvgIpc) is 2.48. The lowest BCUT2D eigenvalue weighted by molar-refractivity contribution is 0.116. The van der Waals surface area contributed by atoms with Crippen LogP contribution in [0.1, 0.15) is 11.1 Å². The van der Waals surface area contributed by atoms with Gasteiger partial charge in [0, 0.05) is 8.99 Å². The van der Waals surface area contributed by atoms with E-state index in [1.165, 1.54) is 3.57 Å². The van der Waals surface area contributed by atoms with Crippen LogP contribution in [0.25, 0.3) is 0 Å². The molecule has 0 aliphatic carbocycles. The number of halogens is 1. The number of benzene rings is 2. The van der Waals surface area contributed by atoms with E-state index >= 15 is 0 Å². The molecular weight excluding hydrogens is 351 g/mol. The lowest BCUT2D eigenvalue weighted by Gasteiger charge is -2.30. The lowest BCUT2D eigenvalue weighted by Crippen LogP contribution is -2.37. The summed E-state index contributed by atoms with van der Waals surface area (Å²) in [6.07, 6.45) is 0.626. The minimum absolute atomic E-state index is 0.0699. The van der Waals surface area contributed by atoms with Gasteiger partial charge in [0.1, 0.15) is 0 Å². The molecule has 2 aromatic rings. The van der Waals surface area contributed by atoms with Gasteiger partial charge in [-0.05, 0) is 52.3 Å². The van der Waals surface area contributed by atoms with E-state index in [0.29, 0.717) is 6.42 Å². The average molecular weight is 368 g/mol. The molecule has 0 spiro atoms. The Kier molecular flexibility index (Phi) is 4.96. The van der Waals surface area contributed by atoms with Gasteiger partial charge in [0.2, 0.25) is 0 Å². The number of hydrogen-bond acceptors (Lipinski definition) is 2. The van der Waals surface area contributed by atoms with Gasteiger partial charge in [-0.25, -0.2) is 0 Å². The molecule has 0 heterocycles. The van der Waals surface area contributed by atoms with Crippen molar-refractivity contribution in [2.75, 3.05) is 13.2 Å². The largest absolute Gasteiger partial charge is 0.395 e. The van der Waals surface area contributed by atoms with E-state index in [9.17, 15) is 10.2 Å². The molecule has 19 heavy (non-hydrogen) atoms. The van der Waals surface area contributed by atoms with Crippen LogP contribution in [0.2, 0.25) is 0 Å². The zero-order valence-electron chi connectivity index (χ0n) is 10.6. The second-order valence-corrected chi connectivity index (χ2v) is 6.01. The molecule has 0 saturated heterocycles. The van der Waals surface area contributed by atoms with Gasteiger partial charge in [-0.15, -0.1) is 0 Å². The van der Waals surface area contributed by atoms with Gasteiger partial charge in [-0.2, -0.15) is 0 Å². The third-order valence-electron chi connectivity index (χ3n) is 3.45. The Bertz CT molecular complexity index is 504. The van der Waals surface area contributed by atoms with Crippen molar-refractivity contribution in [3.63, 3.8) is 0 Å². The van der Waals surface area contributed by atoms with E-state index < -0.39 is 5.41 Å². The normalized spacial score (nSPS) is 11.5. The first-order valence-electron chi connectivity index (χ1n) is 6.22. The molecule has 0 amide bonds. The van der Waals surface area contributed by atoms with Crippen LogP contribution in [0.5, 0.6) is 0 Å². The number of hydrogen-bond donors (Lipinski definition) is 2. The Balaban J connectivity index is 2.32. The molecular formula is C16H17IO2. The van der Waals surface area contributed by atoms with Gasteiger partial charge in [0.25, 0.3) is 0 Å². The summed E-state index contributed by atoms with van der Waals surface area (Å²) in [4.78, 5) is 0. The third-order valence-corrected chi connectivity index (χ3v) is 4.17. The van der Waals surface area contributed by atoms with E-state index in [1.54, 1.807) is 0 Å². The fourth-order valence-corrected chi connectivity index (χ4v) is 2.59. The summed E-state index contributed by atoms with van der Waals surface area (Å²) in [6.45, 7) is -0.140. The monoisotopic (exact) mass is 368 g/mol. The van der Waals surface area contributed by atoms with Gasteiger partial charge in [-0.1, -0.05) is 42.5 Å². The SMILES string of the molecule is OCC(CO)(Cc1ccc(I)cc1)c1ccccc1. The predicted molar refractivity (Wildman–Crippen MR) is 85.2 cm³/mol. The highest BCUT2D eigenvalue weighted by atomic mass is 127. The fourth-order valence-electron chi connectivity index (χ4n) is 2.23. The maximum absolute atomic E-state index is 9.78. The van der Waals surface area contributed by atoms with E-state index in [2.05, 4.69) is 22.6 Å². The minimum Gasteiger partial charge on any atom is -0.395 e. The second kappa shape index (κ2) is 6.50. The number of rotatable bonds is 5. The van der Waals surface area contributed by atoms with Crippen molar-refractivity contribution in [3.05, 3.63) is 69.3 Å². The van der Waals surface area contributed by atoms with Crippen LogP contribution < -0.4 is 0 Å². The van der Waals surface area contributed by atoms with Gasteiger partial charge in [0.05, 0.1) is 13.2 Å². The maximum atomic E-state index is 9.78. The molecule has 100 valence electrons. The minimum atomic E-state index is -0.617. The number of aliphatic hydroxyl groups is 2. The molecule has 0 aromatic heterocycles. The van der Waals surface area contributed by atoms with Gasteiger partial charge < -0.3 is 10.2 Å². The standard InChI is InChI=1S/C16H17IO2/c17-15-8-6-13(7-9-15)10-16(11-18,12-19)14-4-2-1-3-5-14/h1-9,18-19H,10-12H2. The first-order chi connectivity index (χ1) is 9.20. The first-order valence-corrected chi connectivity index (χ1v) is 7.30. The maximum Gasteiger partial charge on any atom is 0.0553 e. The zero-order valence-corrected chi connectivity index (χ0v) is 12.7. The van der Waals surface area contributed by atoms with E-state index in [-0.39, 0.29) is 13.2 Å². The summed E-state index contributed by atoms with van der Waals surface area (Å²) in [5, 5.41) is 19.6. The smallest absolute Gasteiger partial charge is 0.0553 e. The first kappa shape index (κ1) is 14.5. The van der Waals surface area contributed by atoms with E-state index in [1.807, 2.05) is 54.6 Å². The molecule has 2 rings (SSSR count). The molecule has 0 radical (unpaired) electrons. The van der Waals surface area contributed by atoms with Crippen LogP contribution >= 0.6 is 22.6 Å². The Morgan fingerprint density at radius 1 is 0.842 bits per heavy atom. The second-order valence-electron chi connectivity index (χ2n) is 4.77. The van der Waals surface area contributed by atoms with Crippen LogP contribution in [0.15, 0.2) is 54.6 Å². The molecule has 2 aromatic carbocycles. The van der Waals surface area contributed by atoms with Gasteiger partial charge in [0.15, 0.2) is 0 Å². The Hall–Kier alpha value is -0.910. The molecule has 0 saturated carbocycles. The van der Waals surface area contributed by atoms with Crippen LogP contribution in [-0.4, -0.2) is 23.4 Å². The van der Waals surface area contributed by atoms with Crippen molar-refractivity contribution in [1.82, 2.24) is 0 Å². The number of aliphatic hydroxyl groups excluding tert-OH is 2. The van der Waals surface area contributed by atoms with Crippen molar-refractivity contribution in [3.8, 4) is 0 Å². The summed E-state index contributed by atoms with van der Waals surface area (Å²) in [7, 11) is 0. The topological polar surface area (TPSA) is 40.5 Å². The van der Waals surface area contributed by atoms with Crippen molar-refractivity contribution in [1.29, 1.82) is 0 Å². The van der Waals surface area contributed by atoms with Gasteiger partial charge >= 0.3 is 0 Å². The van der Waals surface area contributed by atoms with E-state index in [4.69, 9.17) is 0 Å². The van der Waals surface area contributed by atoms with Crippen LogP contribution in [0.4, 0.5) is 0 Å². The molecule has 0 unspecified atom stereocenters. The molecule has 0 aliphatic heterocycles.